The molecular formula is C34H22N2S. The molecule has 0 unspecified atom stereocenters. The van der Waals surface area contributed by atoms with Crippen LogP contribution in [0.15, 0.2) is 133 Å². The number of thiophene rings is 1. The molecule has 5 aromatic carbocycles. The molecule has 0 atom stereocenters. The van der Waals surface area contributed by atoms with Crippen LogP contribution in [0.25, 0.3) is 65.2 Å². The molecule has 2 heterocycles. The number of nitrogens with zero attached hydrogens (tertiary/aromatic N) is 2. The molecule has 0 radical (unpaired) electrons. The van der Waals surface area contributed by atoms with E-state index in [1.807, 2.05) is 6.07 Å². The summed E-state index contributed by atoms with van der Waals surface area (Å²) in [5.41, 5.74) is 6.29. The van der Waals surface area contributed by atoms with Gasteiger partial charge in [-0.3, -0.25) is 0 Å². The normalized spacial score (nSPS) is 11.2. The maximum Gasteiger partial charge on any atom is 0.161 e. The average Bonchev–Trinajstić information content (AvgIpc) is 3.42. The van der Waals surface area contributed by atoms with Gasteiger partial charge in [-0.2, -0.15) is 0 Å². The lowest BCUT2D eigenvalue weighted by molar-refractivity contribution is 1.19. The molecule has 0 N–H and O–H groups in total. The Bertz CT molecular complexity index is 1850. The van der Waals surface area contributed by atoms with Crippen molar-refractivity contribution in [3.63, 3.8) is 0 Å². The Morgan fingerprint density at radius 1 is 0.459 bits per heavy atom. The van der Waals surface area contributed by atoms with E-state index in [1.165, 1.54) is 20.9 Å². The third-order valence-electron chi connectivity index (χ3n) is 6.72. The fourth-order valence-corrected chi connectivity index (χ4v) is 5.96. The standard InChI is InChI=1S/C34H22N2S/c1-2-11-23(12-3-1)27-17-7-8-18-29(27)34-35-30(28-19-10-15-24-13-4-6-16-26(24)28)22-31(36-34)33-21-25-14-5-9-20-32(25)37-33/h1-22H. The van der Waals surface area contributed by atoms with E-state index in [0.29, 0.717) is 0 Å². The first-order valence-electron chi connectivity index (χ1n) is 12.3. The summed E-state index contributed by atoms with van der Waals surface area (Å²) in [6, 6.07) is 46.7. The summed E-state index contributed by atoms with van der Waals surface area (Å²) in [6.45, 7) is 0. The Hall–Kier alpha value is -4.60. The molecule has 0 aliphatic carbocycles. The molecule has 0 saturated heterocycles. The third kappa shape index (κ3) is 4.00. The van der Waals surface area contributed by atoms with Crippen molar-refractivity contribution in [3.05, 3.63) is 133 Å². The average molecular weight is 491 g/mol. The minimum atomic E-state index is 0.734. The highest BCUT2D eigenvalue weighted by Crippen LogP contribution is 2.38. The summed E-state index contributed by atoms with van der Waals surface area (Å²) in [5, 5.41) is 3.63. The third-order valence-corrected chi connectivity index (χ3v) is 7.86. The van der Waals surface area contributed by atoms with E-state index in [9.17, 15) is 0 Å². The number of hydrogen-bond acceptors (Lipinski definition) is 3. The number of hydrogen-bond donors (Lipinski definition) is 0. The first-order valence-corrected chi connectivity index (χ1v) is 13.2. The van der Waals surface area contributed by atoms with Gasteiger partial charge < -0.3 is 0 Å². The summed E-state index contributed by atoms with van der Waals surface area (Å²) >= 11 is 1.77. The topological polar surface area (TPSA) is 25.8 Å². The molecule has 7 aromatic rings. The smallest absolute Gasteiger partial charge is 0.161 e. The Kier molecular flexibility index (Phi) is 5.34. The van der Waals surface area contributed by atoms with E-state index in [2.05, 4.69) is 127 Å². The lowest BCUT2D eigenvalue weighted by atomic mass is 9.98. The molecular weight excluding hydrogens is 468 g/mol. The molecule has 0 aliphatic heterocycles. The second kappa shape index (κ2) is 9.12. The molecule has 174 valence electrons. The van der Waals surface area contributed by atoms with Gasteiger partial charge in [0.25, 0.3) is 0 Å². The van der Waals surface area contributed by atoms with Crippen LogP contribution in [-0.4, -0.2) is 9.97 Å². The highest BCUT2D eigenvalue weighted by Gasteiger charge is 2.16. The van der Waals surface area contributed by atoms with Crippen LogP contribution in [0.5, 0.6) is 0 Å². The minimum Gasteiger partial charge on any atom is -0.228 e. The van der Waals surface area contributed by atoms with Crippen molar-refractivity contribution in [2.24, 2.45) is 0 Å². The van der Waals surface area contributed by atoms with E-state index in [4.69, 9.17) is 9.97 Å². The van der Waals surface area contributed by atoms with Crippen LogP contribution in [0.3, 0.4) is 0 Å². The van der Waals surface area contributed by atoms with E-state index in [0.717, 1.165) is 44.3 Å². The highest BCUT2D eigenvalue weighted by molar-refractivity contribution is 7.22. The van der Waals surface area contributed by atoms with Crippen molar-refractivity contribution in [3.8, 4) is 44.3 Å². The largest absolute Gasteiger partial charge is 0.228 e. The quantitative estimate of drug-likeness (QED) is 0.245. The van der Waals surface area contributed by atoms with Crippen molar-refractivity contribution < 1.29 is 0 Å². The monoisotopic (exact) mass is 490 g/mol. The zero-order valence-corrected chi connectivity index (χ0v) is 20.8. The number of rotatable bonds is 4. The molecule has 0 amide bonds. The van der Waals surface area contributed by atoms with Crippen molar-refractivity contribution in [1.82, 2.24) is 9.97 Å². The first kappa shape index (κ1) is 21.7. The first-order chi connectivity index (χ1) is 18.3. The lowest BCUT2D eigenvalue weighted by Gasteiger charge is -2.13. The van der Waals surface area contributed by atoms with Gasteiger partial charge in [0, 0.05) is 15.8 Å². The molecule has 0 bridgehead atoms. The maximum absolute atomic E-state index is 5.18. The van der Waals surface area contributed by atoms with E-state index >= 15 is 0 Å². The van der Waals surface area contributed by atoms with Crippen LogP contribution in [0.2, 0.25) is 0 Å². The molecule has 37 heavy (non-hydrogen) atoms. The zero-order chi connectivity index (χ0) is 24.6. The fourth-order valence-electron chi connectivity index (χ4n) is 4.94. The van der Waals surface area contributed by atoms with Crippen LogP contribution in [0.4, 0.5) is 0 Å². The molecule has 2 nitrogen and oxygen atoms in total. The Morgan fingerprint density at radius 2 is 1.11 bits per heavy atom. The molecule has 3 heteroatoms. The molecule has 0 fully saturated rings. The highest BCUT2D eigenvalue weighted by atomic mass is 32.1. The second-order valence-corrected chi connectivity index (χ2v) is 10.1. The lowest BCUT2D eigenvalue weighted by Crippen LogP contribution is -1.97. The summed E-state index contributed by atoms with van der Waals surface area (Å²) in [5.74, 6) is 0.734. The fraction of sp³-hybridized carbons (Fsp3) is 0. The van der Waals surface area contributed by atoms with Gasteiger partial charge in [-0.1, -0.05) is 115 Å². The van der Waals surface area contributed by atoms with Crippen molar-refractivity contribution in [1.29, 1.82) is 0 Å². The van der Waals surface area contributed by atoms with Gasteiger partial charge in [0.15, 0.2) is 5.82 Å². The second-order valence-electron chi connectivity index (χ2n) is 9.05. The van der Waals surface area contributed by atoms with Gasteiger partial charge in [-0.15, -0.1) is 11.3 Å². The number of fused-ring (bicyclic) bond motifs is 2. The predicted octanol–water partition coefficient (Wildman–Crippen LogP) is 9.51. The van der Waals surface area contributed by atoms with Gasteiger partial charge in [0.2, 0.25) is 0 Å². The molecule has 2 aromatic heterocycles. The maximum atomic E-state index is 5.18. The van der Waals surface area contributed by atoms with Crippen molar-refractivity contribution in [2.75, 3.05) is 0 Å². The molecule has 7 rings (SSSR count). The van der Waals surface area contributed by atoms with Crippen LogP contribution in [-0.2, 0) is 0 Å². The SMILES string of the molecule is c1ccc(-c2ccccc2-c2nc(-c3cc4ccccc4s3)cc(-c3cccc4ccccc34)n2)cc1. The summed E-state index contributed by atoms with van der Waals surface area (Å²) < 4.78 is 1.26. The minimum absolute atomic E-state index is 0.734. The summed E-state index contributed by atoms with van der Waals surface area (Å²) in [7, 11) is 0. The Labute approximate surface area is 219 Å². The molecule has 0 saturated carbocycles. The van der Waals surface area contributed by atoms with Crippen LogP contribution in [0, 0.1) is 0 Å². The van der Waals surface area contributed by atoms with E-state index in [-0.39, 0.29) is 0 Å². The Morgan fingerprint density at radius 3 is 1.97 bits per heavy atom. The van der Waals surface area contributed by atoms with Crippen LogP contribution >= 0.6 is 11.3 Å². The zero-order valence-electron chi connectivity index (χ0n) is 20.0. The predicted molar refractivity (Wildman–Crippen MR) is 157 cm³/mol. The Balaban J connectivity index is 1.50. The van der Waals surface area contributed by atoms with E-state index in [1.54, 1.807) is 11.3 Å². The van der Waals surface area contributed by atoms with Crippen LogP contribution in [0.1, 0.15) is 0 Å². The van der Waals surface area contributed by atoms with E-state index < -0.39 is 0 Å². The van der Waals surface area contributed by atoms with Gasteiger partial charge in [-0.25, -0.2) is 9.97 Å². The van der Waals surface area contributed by atoms with Gasteiger partial charge in [0.1, 0.15) is 0 Å². The van der Waals surface area contributed by atoms with Gasteiger partial charge >= 0.3 is 0 Å². The number of aromatic nitrogens is 2. The van der Waals surface area contributed by atoms with Crippen LogP contribution < -0.4 is 0 Å². The van der Waals surface area contributed by atoms with Crippen molar-refractivity contribution in [2.45, 2.75) is 0 Å². The molecule has 0 aliphatic rings. The van der Waals surface area contributed by atoms with Gasteiger partial charge in [0.05, 0.1) is 16.3 Å². The summed E-state index contributed by atoms with van der Waals surface area (Å²) in [6.07, 6.45) is 0. The summed E-state index contributed by atoms with van der Waals surface area (Å²) in [4.78, 5) is 11.5. The molecule has 0 spiro atoms. The van der Waals surface area contributed by atoms with Gasteiger partial charge in [-0.05, 0) is 45.5 Å². The van der Waals surface area contributed by atoms with Crippen molar-refractivity contribution >= 4 is 32.2 Å². The number of benzene rings is 5.